The molecule has 154 valence electrons. The van der Waals surface area contributed by atoms with E-state index in [1.165, 1.54) is 12.1 Å². The zero-order valence-corrected chi connectivity index (χ0v) is 16.2. The van der Waals surface area contributed by atoms with E-state index in [9.17, 15) is 9.59 Å². The van der Waals surface area contributed by atoms with Gasteiger partial charge in [-0.3, -0.25) is 9.78 Å². The van der Waals surface area contributed by atoms with Gasteiger partial charge in [0, 0.05) is 6.42 Å². The Balaban J connectivity index is 1.91. The molecule has 8 heteroatoms. The summed E-state index contributed by atoms with van der Waals surface area (Å²) in [5, 5.41) is 0. The minimum absolute atomic E-state index is 0.0826. The zero-order valence-electron chi connectivity index (χ0n) is 16.2. The van der Waals surface area contributed by atoms with E-state index < -0.39 is 11.9 Å². The van der Waals surface area contributed by atoms with Crippen molar-refractivity contribution in [3.05, 3.63) is 72.9 Å². The molecule has 0 amide bonds. The molecule has 0 atom stereocenters. The molecule has 29 heavy (non-hydrogen) atoms. The molecule has 2 aromatic rings. The molecule has 2 rings (SSSR count). The highest BCUT2D eigenvalue weighted by molar-refractivity contribution is 5.92. The number of benzene rings is 2. The lowest BCUT2D eigenvalue weighted by Crippen LogP contribution is -2.16. The fourth-order valence-corrected chi connectivity index (χ4v) is 2.19. The summed E-state index contributed by atoms with van der Waals surface area (Å²) in [5.41, 5.74) is 0.334. The van der Waals surface area contributed by atoms with Crippen LogP contribution in [-0.2, 0) is 19.6 Å². The summed E-state index contributed by atoms with van der Waals surface area (Å²) in [6, 6.07) is 13.0. The van der Waals surface area contributed by atoms with Gasteiger partial charge in [-0.05, 0) is 45.0 Å². The molecule has 2 radical (unpaired) electrons. The van der Waals surface area contributed by atoms with Crippen molar-refractivity contribution in [2.45, 2.75) is 20.3 Å². The van der Waals surface area contributed by atoms with Crippen molar-refractivity contribution in [2.75, 3.05) is 13.2 Å². The van der Waals surface area contributed by atoms with Crippen molar-refractivity contribution < 1.29 is 38.6 Å². The van der Waals surface area contributed by atoms with Gasteiger partial charge < -0.3 is 9.47 Å². The van der Waals surface area contributed by atoms with Crippen LogP contribution in [0.25, 0.3) is 0 Å². The summed E-state index contributed by atoms with van der Waals surface area (Å²) in [7, 11) is 0. The van der Waals surface area contributed by atoms with E-state index in [1.807, 2.05) is 0 Å². The number of carbonyl (C=O) groups is 2. The van der Waals surface area contributed by atoms with Crippen LogP contribution in [0.4, 0.5) is 0 Å². The van der Waals surface area contributed by atoms with Crippen LogP contribution in [0.15, 0.2) is 48.5 Å². The molecule has 0 spiro atoms. The normalized spacial score (nSPS) is 10.5. The maximum absolute atomic E-state index is 12.2. The average molecular weight is 402 g/mol. The predicted molar refractivity (Wildman–Crippen MR) is 101 cm³/mol. The molecule has 0 aromatic heterocycles. The second kappa shape index (κ2) is 11.7. The van der Waals surface area contributed by atoms with Crippen molar-refractivity contribution in [1.29, 1.82) is 0 Å². The van der Waals surface area contributed by atoms with Gasteiger partial charge in [-0.25, -0.2) is 9.59 Å². The number of carbonyl (C=O) groups excluding carboxylic acids is 2. The first kappa shape index (κ1) is 22.2. The van der Waals surface area contributed by atoms with Crippen LogP contribution in [0.2, 0.25) is 0 Å². The molecule has 8 nitrogen and oxygen atoms in total. The maximum atomic E-state index is 12.2. The van der Waals surface area contributed by atoms with Crippen molar-refractivity contribution in [3.63, 3.8) is 0 Å². The second-order valence-electron chi connectivity index (χ2n) is 5.39. The van der Waals surface area contributed by atoms with Gasteiger partial charge in [-0.2, -0.15) is 0 Å². The Hall–Kier alpha value is -3.10. The van der Waals surface area contributed by atoms with Gasteiger partial charge >= 0.3 is 18.2 Å². The van der Waals surface area contributed by atoms with Crippen LogP contribution in [0.3, 0.4) is 0 Å². The van der Waals surface area contributed by atoms with Crippen molar-refractivity contribution in [3.8, 4) is 11.5 Å². The first-order valence-corrected chi connectivity index (χ1v) is 8.97. The van der Waals surface area contributed by atoms with Gasteiger partial charge in [0.1, 0.15) is 22.6 Å². The Kier molecular flexibility index (Phi) is 8.94. The lowest BCUT2D eigenvalue weighted by molar-refractivity contribution is -0.362. The average Bonchev–Trinajstić information content (AvgIpc) is 2.74. The highest BCUT2D eigenvalue weighted by Gasteiger charge is 2.22. The molecule has 0 heterocycles. The van der Waals surface area contributed by atoms with E-state index in [0.717, 1.165) is 0 Å². The van der Waals surface area contributed by atoms with Crippen LogP contribution >= 0.6 is 0 Å². The Bertz CT molecular complexity index is 739. The van der Waals surface area contributed by atoms with E-state index in [2.05, 4.69) is 6.92 Å². The zero-order chi connectivity index (χ0) is 21.1. The number of hydrogen-bond acceptors (Lipinski definition) is 8. The number of ether oxygens (including phenoxy) is 2. The fraction of sp³-hybridized carbons (Fsp3) is 0.238. The van der Waals surface area contributed by atoms with Gasteiger partial charge in [-0.15, -0.1) is 9.78 Å². The third kappa shape index (κ3) is 6.48. The standard InChI is InChI=1S/C21H22O8/c1-4-19(26-28-20(22)15-11-7-9-13-17(15)24-5-2)27-29-21(23)16-12-8-10-14-18(16)25-6-3/h7-14H,1,4-6H2,2-3H3. The third-order valence-electron chi connectivity index (χ3n) is 3.44. The van der Waals surface area contributed by atoms with E-state index in [0.29, 0.717) is 24.7 Å². The highest BCUT2D eigenvalue weighted by Crippen LogP contribution is 2.22. The Morgan fingerprint density at radius 3 is 1.52 bits per heavy atom. The summed E-state index contributed by atoms with van der Waals surface area (Å²) >= 11 is 0. The smallest absolute Gasteiger partial charge is 0.376 e. The first-order valence-electron chi connectivity index (χ1n) is 8.97. The molecule has 0 unspecified atom stereocenters. The third-order valence-corrected chi connectivity index (χ3v) is 3.44. The van der Waals surface area contributed by atoms with E-state index in [-0.39, 0.29) is 23.8 Å². The topological polar surface area (TPSA) is 89.5 Å². The predicted octanol–water partition coefficient (Wildman–Crippen LogP) is 4.07. The number of para-hydroxylation sites is 2. The Morgan fingerprint density at radius 1 is 0.724 bits per heavy atom. The molecular weight excluding hydrogens is 380 g/mol. The monoisotopic (exact) mass is 402 g/mol. The van der Waals surface area contributed by atoms with E-state index in [4.69, 9.17) is 29.0 Å². The van der Waals surface area contributed by atoms with E-state index >= 15 is 0 Å². The Morgan fingerprint density at radius 2 is 1.14 bits per heavy atom. The number of hydrogen-bond donors (Lipinski definition) is 0. The van der Waals surface area contributed by atoms with Crippen LogP contribution in [0, 0.1) is 13.2 Å². The van der Waals surface area contributed by atoms with Crippen LogP contribution in [-0.4, -0.2) is 25.2 Å². The lowest BCUT2D eigenvalue weighted by atomic mass is 10.2. The quantitative estimate of drug-likeness (QED) is 0.410. The molecule has 0 bridgehead atoms. The van der Waals surface area contributed by atoms with E-state index in [1.54, 1.807) is 50.2 Å². The summed E-state index contributed by atoms with van der Waals surface area (Å²) in [4.78, 5) is 43.5. The van der Waals surface area contributed by atoms with Gasteiger partial charge in [0.05, 0.1) is 13.2 Å². The summed E-state index contributed by atoms with van der Waals surface area (Å²) in [6.45, 7) is 7.90. The summed E-state index contributed by atoms with van der Waals surface area (Å²) in [5.74, 6) is -0.924. The molecule has 2 aromatic carbocycles. The molecule has 0 saturated carbocycles. The SMILES string of the molecule is [CH2]C[C](OOC(=O)c1ccccc1OCC)OOC(=O)c1ccccc1OCC. The van der Waals surface area contributed by atoms with Crippen LogP contribution in [0.5, 0.6) is 11.5 Å². The lowest BCUT2D eigenvalue weighted by Gasteiger charge is -2.13. The molecular formula is C21H22O8. The molecule has 0 aliphatic carbocycles. The highest BCUT2D eigenvalue weighted by atomic mass is 17.3. The van der Waals surface area contributed by atoms with Crippen LogP contribution < -0.4 is 9.47 Å². The summed E-state index contributed by atoms with van der Waals surface area (Å²) in [6.07, 6.45) is -0.407. The molecule has 0 aliphatic heterocycles. The van der Waals surface area contributed by atoms with Gasteiger partial charge in [0.2, 0.25) is 0 Å². The van der Waals surface area contributed by atoms with Crippen LogP contribution in [0.1, 0.15) is 41.0 Å². The van der Waals surface area contributed by atoms with Gasteiger partial charge in [0.25, 0.3) is 0 Å². The molecule has 0 saturated heterocycles. The van der Waals surface area contributed by atoms with Crippen molar-refractivity contribution in [2.24, 2.45) is 0 Å². The minimum atomic E-state index is -0.809. The second-order valence-corrected chi connectivity index (χ2v) is 5.39. The Labute approximate surface area is 169 Å². The van der Waals surface area contributed by atoms with Crippen molar-refractivity contribution in [1.82, 2.24) is 0 Å². The maximum Gasteiger partial charge on any atom is 0.376 e. The molecule has 0 N–H and O–H groups in total. The minimum Gasteiger partial charge on any atom is -0.493 e. The largest absolute Gasteiger partial charge is 0.493 e. The first-order chi connectivity index (χ1) is 14.1. The van der Waals surface area contributed by atoms with Gasteiger partial charge in [-0.1, -0.05) is 24.3 Å². The molecule has 0 aliphatic rings. The van der Waals surface area contributed by atoms with Crippen molar-refractivity contribution >= 4 is 11.9 Å². The summed E-state index contributed by atoms with van der Waals surface area (Å²) < 4.78 is 10.7. The molecule has 0 fully saturated rings. The number of rotatable bonds is 11. The van der Waals surface area contributed by atoms with Gasteiger partial charge in [0.15, 0.2) is 0 Å². The fourth-order valence-electron chi connectivity index (χ4n) is 2.19.